The molecule has 4 heteroatoms. The first kappa shape index (κ1) is 14.8. The molecule has 2 aliphatic rings. The minimum absolute atomic E-state index is 0.184. The van der Waals surface area contributed by atoms with Crippen LogP contribution in [0.1, 0.15) is 44.9 Å². The van der Waals surface area contributed by atoms with Crippen molar-refractivity contribution in [2.24, 2.45) is 11.7 Å². The van der Waals surface area contributed by atoms with Crippen molar-refractivity contribution in [3.63, 3.8) is 0 Å². The molecule has 4 nitrogen and oxygen atoms in total. The van der Waals surface area contributed by atoms with Gasteiger partial charge in [-0.05, 0) is 52.1 Å². The van der Waals surface area contributed by atoms with Crippen LogP contribution in [0.2, 0.25) is 0 Å². The minimum atomic E-state index is 0.184. The van der Waals surface area contributed by atoms with E-state index >= 15 is 0 Å². The molecule has 1 saturated heterocycles. The van der Waals surface area contributed by atoms with E-state index < -0.39 is 0 Å². The summed E-state index contributed by atoms with van der Waals surface area (Å²) in [5, 5.41) is 0. The fraction of sp³-hybridized carbons (Fsp3) is 0.933. The van der Waals surface area contributed by atoms with E-state index in [1.807, 2.05) is 11.9 Å². The van der Waals surface area contributed by atoms with E-state index in [-0.39, 0.29) is 12.0 Å². The maximum Gasteiger partial charge on any atom is 0.225 e. The van der Waals surface area contributed by atoms with Crippen LogP contribution in [-0.4, -0.2) is 55.0 Å². The highest BCUT2D eigenvalue weighted by molar-refractivity contribution is 5.78. The van der Waals surface area contributed by atoms with Crippen LogP contribution in [0.5, 0.6) is 0 Å². The van der Waals surface area contributed by atoms with Gasteiger partial charge in [0.05, 0.1) is 0 Å². The zero-order chi connectivity index (χ0) is 13.8. The molecule has 1 aliphatic carbocycles. The predicted octanol–water partition coefficient (Wildman–Crippen LogP) is 1.45. The van der Waals surface area contributed by atoms with Crippen LogP contribution in [0, 0.1) is 5.92 Å². The zero-order valence-electron chi connectivity index (χ0n) is 12.5. The number of rotatable bonds is 4. The maximum atomic E-state index is 12.3. The van der Waals surface area contributed by atoms with Crippen LogP contribution in [0.4, 0.5) is 0 Å². The SMILES string of the molecule is CN(CCC1CCCCN1C)C(=O)C1CCC(N)C1. The van der Waals surface area contributed by atoms with Crippen LogP contribution in [0.15, 0.2) is 0 Å². The third-order valence-electron chi connectivity index (χ3n) is 4.92. The smallest absolute Gasteiger partial charge is 0.225 e. The number of amides is 1. The molecular formula is C15H29N3O. The van der Waals surface area contributed by atoms with Gasteiger partial charge in [-0.2, -0.15) is 0 Å². The quantitative estimate of drug-likeness (QED) is 0.838. The van der Waals surface area contributed by atoms with Gasteiger partial charge >= 0.3 is 0 Å². The molecular weight excluding hydrogens is 238 g/mol. The summed E-state index contributed by atoms with van der Waals surface area (Å²) in [6.45, 7) is 2.10. The summed E-state index contributed by atoms with van der Waals surface area (Å²) in [5.41, 5.74) is 5.89. The molecule has 3 unspecified atom stereocenters. The molecule has 2 fully saturated rings. The molecule has 1 aliphatic heterocycles. The standard InChI is InChI=1S/C15H29N3O/c1-17-9-4-3-5-14(17)8-10-18(2)15(19)12-6-7-13(16)11-12/h12-14H,3-11,16H2,1-2H3. The van der Waals surface area contributed by atoms with Crippen LogP contribution in [-0.2, 0) is 4.79 Å². The van der Waals surface area contributed by atoms with Crippen molar-refractivity contribution in [3.05, 3.63) is 0 Å². The average Bonchev–Trinajstić information content (AvgIpc) is 2.83. The highest BCUT2D eigenvalue weighted by Gasteiger charge is 2.30. The highest BCUT2D eigenvalue weighted by Crippen LogP contribution is 2.26. The third kappa shape index (κ3) is 3.93. The van der Waals surface area contributed by atoms with E-state index in [4.69, 9.17) is 5.73 Å². The highest BCUT2D eigenvalue weighted by atomic mass is 16.2. The Balaban J connectivity index is 1.74. The molecule has 0 spiro atoms. The van der Waals surface area contributed by atoms with E-state index in [9.17, 15) is 4.79 Å². The third-order valence-corrected chi connectivity index (χ3v) is 4.92. The Bertz CT molecular complexity index is 308. The van der Waals surface area contributed by atoms with Gasteiger partial charge in [-0.15, -0.1) is 0 Å². The fourth-order valence-corrected chi connectivity index (χ4v) is 3.51. The molecule has 0 radical (unpaired) electrons. The number of carbonyl (C=O) groups excluding carboxylic acids is 1. The predicted molar refractivity (Wildman–Crippen MR) is 77.8 cm³/mol. The molecule has 0 aromatic rings. The van der Waals surface area contributed by atoms with Gasteiger partial charge in [0.25, 0.3) is 0 Å². The summed E-state index contributed by atoms with van der Waals surface area (Å²) >= 11 is 0. The number of carbonyl (C=O) groups is 1. The Morgan fingerprint density at radius 3 is 2.74 bits per heavy atom. The number of hydrogen-bond acceptors (Lipinski definition) is 3. The first-order valence-corrected chi connectivity index (χ1v) is 7.78. The second kappa shape index (κ2) is 6.71. The Kier molecular flexibility index (Phi) is 5.22. The van der Waals surface area contributed by atoms with E-state index in [0.717, 1.165) is 32.2 Å². The van der Waals surface area contributed by atoms with Gasteiger partial charge in [0.1, 0.15) is 0 Å². The summed E-state index contributed by atoms with van der Waals surface area (Å²) < 4.78 is 0. The Morgan fingerprint density at radius 1 is 1.32 bits per heavy atom. The number of nitrogens with two attached hydrogens (primary N) is 1. The Morgan fingerprint density at radius 2 is 2.11 bits per heavy atom. The molecule has 3 atom stereocenters. The molecule has 0 bridgehead atoms. The Hall–Kier alpha value is -0.610. The van der Waals surface area contributed by atoms with Gasteiger partial charge < -0.3 is 15.5 Å². The van der Waals surface area contributed by atoms with Gasteiger partial charge in [-0.3, -0.25) is 4.79 Å². The van der Waals surface area contributed by atoms with Crippen molar-refractivity contribution in [1.82, 2.24) is 9.80 Å². The lowest BCUT2D eigenvalue weighted by Crippen LogP contribution is -2.40. The van der Waals surface area contributed by atoms with Crippen molar-refractivity contribution in [3.8, 4) is 0 Å². The van der Waals surface area contributed by atoms with Crippen LogP contribution < -0.4 is 5.73 Å². The lowest BCUT2D eigenvalue weighted by molar-refractivity contribution is -0.134. The second-order valence-electron chi connectivity index (χ2n) is 6.45. The molecule has 110 valence electrons. The zero-order valence-corrected chi connectivity index (χ0v) is 12.5. The first-order valence-electron chi connectivity index (χ1n) is 7.78. The Labute approximate surface area is 117 Å². The minimum Gasteiger partial charge on any atom is -0.345 e. The monoisotopic (exact) mass is 267 g/mol. The molecule has 2 N–H and O–H groups in total. The van der Waals surface area contributed by atoms with Gasteiger partial charge in [0, 0.05) is 31.6 Å². The van der Waals surface area contributed by atoms with Crippen molar-refractivity contribution in [2.45, 2.75) is 57.0 Å². The van der Waals surface area contributed by atoms with Crippen molar-refractivity contribution in [2.75, 3.05) is 27.2 Å². The number of hydrogen-bond donors (Lipinski definition) is 1. The number of likely N-dealkylation sites (tertiary alicyclic amines) is 1. The normalized spacial score (nSPS) is 32.5. The van der Waals surface area contributed by atoms with Crippen LogP contribution in [0.25, 0.3) is 0 Å². The summed E-state index contributed by atoms with van der Waals surface area (Å²) in [6.07, 6.45) is 7.92. The second-order valence-corrected chi connectivity index (χ2v) is 6.45. The van der Waals surface area contributed by atoms with E-state index in [0.29, 0.717) is 11.9 Å². The summed E-state index contributed by atoms with van der Waals surface area (Å²) in [7, 11) is 4.16. The van der Waals surface area contributed by atoms with Gasteiger partial charge in [-0.1, -0.05) is 6.42 Å². The van der Waals surface area contributed by atoms with E-state index in [1.165, 1.54) is 25.8 Å². The van der Waals surface area contributed by atoms with Crippen LogP contribution >= 0.6 is 0 Å². The summed E-state index contributed by atoms with van der Waals surface area (Å²) in [6, 6.07) is 0.904. The van der Waals surface area contributed by atoms with Gasteiger partial charge in [0.2, 0.25) is 5.91 Å². The topological polar surface area (TPSA) is 49.6 Å². The molecule has 19 heavy (non-hydrogen) atoms. The summed E-state index contributed by atoms with van der Waals surface area (Å²) in [5.74, 6) is 0.496. The molecule has 1 amide bonds. The number of piperidine rings is 1. The molecule has 0 aromatic heterocycles. The maximum absolute atomic E-state index is 12.3. The van der Waals surface area contributed by atoms with Crippen molar-refractivity contribution < 1.29 is 4.79 Å². The fourth-order valence-electron chi connectivity index (χ4n) is 3.51. The van der Waals surface area contributed by atoms with Crippen LogP contribution in [0.3, 0.4) is 0 Å². The molecule has 1 saturated carbocycles. The van der Waals surface area contributed by atoms with Crippen molar-refractivity contribution in [1.29, 1.82) is 0 Å². The van der Waals surface area contributed by atoms with Crippen molar-refractivity contribution >= 4 is 5.91 Å². The molecule has 2 rings (SSSR count). The van der Waals surface area contributed by atoms with E-state index in [1.54, 1.807) is 0 Å². The lowest BCUT2D eigenvalue weighted by Gasteiger charge is -2.33. The van der Waals surface area contributed by atoms with Gasteiger partial charge in [-0.25, -0.2) is 0 Å². The lowest BCUT2D eigenvalue weighted by atomic mass is 9.99. The average molecular weight is 267 g/mol. The molecule has 0 aromatic carbocycles. The number of nitrogens with zero attached hydrogens (tertiary/aromatic N) is 2. The van der Waals surface area contributed by atoms with E-state index in [2.05, 4.69) is 11.9 Å². The summed E-state index contributed by atoms with van der Waals surface area (Å²) in [4.78, 5) is 16.7. The first-order chi connectivity index (χ1) is 9.08. The van der Waals surface area contributed by atoms with Gasteiger partial charge in [0.15, 0.2) is 0 Å². The largest absolute Gasteiger partial charge is 0.345 e. The molecule has 1 heterocycles.